The number of aromatic amines is 1. The van der Waals surface area contributed by atoms with E-state index in [2.05, 4.69) is 15.2 Å². The van der Waals surface area contributed by atoms with Gasteiger partial charge in [0.25, 0.3) is 5.56 Å². The molecule has 5 rings (SSSR count). The monoisotopic (exact) mass is 525 g/mol. The zero-order chi connectivity index (χ0) is 26.3. The minimum atomic E-state index is -1.18. The van der Waals surface area contributed by atoms with Gasteiger partial charge < -0.3 is 14.9 Å². The summed E-state index contributed by atoms with van der Waals surface area (Å²) in [5.74, 6) is -0.938. The summed E-state index contributed by atoms with van der Waals surface area (Å²) in [6.45, 7) is 5.48. The third-order valence-corrected chi connectivity index (χ3v) is 8.09. The number of H-pyrrole nitrogens is 1. The molecule has 4 heterocycles. The van der Waals surface area contributed by atoms with Gasteiger partial charge in [0.2, 0.25) is 5.91 Å². The first-order valence-corrected chi connectivity index (χ1v) is 12.7. The summed E-state index contributed by atoms with van der Waals surface area (Å²) in [6.07, 6.45) is 1.58. The summed E-state index contributed by atoms with van der Waals surface area (Å²) in [4.78, 5) is 33.8. The van der Waals surface area contributed by atoms with Crippen LogP contribution in [-0.4, -0.2) is 57.3 Å². The smallest absolute Gasteiger partial charge is 0.264 e. The third kappa shape index (κ3) is 4.73. The Morgan fingerprint density at radius 1 is 1.05 bits per heavy atom. The van der Waals surface area contributed by atoms with Gasteiger partial charge in [-0.1, -0.05) is 37.6 Å². The Balaban J connectivity index is 1.41. The SMILES string of the molecule is C[C@@H]1CN(C(=O)[C@@H]2CN(c3ccc(=O)[nH]n3)C[C@H]2c2ccc(Cl)cn2)C[C@H](C)[C@]1(O)c1ccc(F)cc1. The fraction of sp³-hybridized carbons (Fsp3) is 0.407. The molecule has 1 amide bonds. The van der Waals surface area contributed by atoms with Gasteiger partial charge in [-0.2, -0.15) is 5.10 Å². The van der Waals surface area contributed by atoms with E-state index in [9.17, 15) is 19.1 Å². The van der Waals surface area contributed by atoms with Crippen LogP contribution < -0.4 is 10.5 Å². The van der Waals surface area contributed by atoms with Gasteiger partial charge in [0.15, 0.2) is 0 Å². The Hall–Kier alpha value is -3.30. The molecule has 1 aromatic carbocycles. The van der Waals surface area contributed by atoms with E-state index in [0.29, 0.717) is 42.6 Å². The number of aliphatic hydroxyl groups is 1. The summed E-state index contributed by atoms with van der Waals surface area (Å²) in [7, 11) is 0. The molecule has 194 valence electrons. The van der Waals surface area contributed by atoms with Gasteiger partial charge in [0, 0.05) is 61.9 Å². The molecule has 5 atom stereocenters. The molecule has 0 unspecified atom stereocenters. The summed E-state index contributed by atoms with van der Waals surface area (Å²) < 4.78 is 13.5. The highest BCUT2D eigenvalue weighted by Gasteiger charge is 2.49. The largest absolute Gasteiger partial charge is 0.384 e. The predicted octanol–water partition coefficient (Wildman–Crippen LogP) is 3.18. The van der Waals surface area contributed by atoms with Gasteiger partial charge in [-0.3, -0.25) is 14.6 Å². The van der Waals surface area contributed by atoms with Crippen LogP contribution in [0.3, 0.4) is 0 Å². The molecule has 37 heavy (non-hydrogen) atoms. The quantitative estimate of drug-likeness (QED) is 0.542. The second-order valence-corrected chi connectivity index (χ2v) is 10.6. The van der Waals surface area contributed by atoms with Crippen molar-refractivity contribution >= 4 is 23.3 Å². The van der Waals surface area contributed by atoms with Gasteiger partial charge in [0.1, 0.15) is 11.6 Å². The summed E-state index contributed by atoms with van der Waals surface area (Å²) in [5.41, 5.74) is -0.0594. The van der Waals surface area contributed by atoms with Crippen molar-refractivity contribution < 1.29 is 14.3 Å². The molecule has 0 saturated carbocycles. The Bertz CT molecular complexity index is 1300. The number of amides is 1. The molecule has 2 N–H and O–H groups in total. The standard InChI is InChI=1S/C27H29ClFN5O3/c1-16-12-34(13-17(2)27(16,37)18-3-6-20(29)7-4-18)26(36)22-15-33(24-9-10-25(35)32-31-24)14-21(22)23-8-5-19(28)11-30-23/h3-11,16-17,21-22,37H,12-15H2,1-2H3,(H,32,35)/t16-,17+,21-,22-,27+/m1/s1. The highest BCUT2D eigenvalue weighted by Crippen LogP contribution is 2.43. The van der Waals surface area contributed by atoms with Crippen molar-refractivity contribution in [1.82, 2.24) is 20.1 Å². The first kappa shape index (κ1) is 25.4. The van der Waals surface area contributed by atoms with Crippen molar-refractivity contribution in [1.29, 1.82) is 0 Å². The van der Waals surface area contributed by atoms with Crippen LogP contribution in [-0.2, 0) is 10.4 Å². The second-order valence-electron chi connectivity index (χ2n) is 10.2. The van der Waals surface area contributed by atoms with E-state index in [1.165, 1.54) is 18.2 Å². The summed E-state index contributed by atoms with van der Waals surface area (Å²) in [5, 5.41) is 18.8. The van der Waals surface area contributed by atoms with Crippen LogP contribution in [0.15, 0.2) is 59.5 Å². The first-order chi connectivity index (χ1) is 17.7. The van der Waals surface area contributed by atoms with E-state index >= 15 is 0 Å². The molecular formula is C27H29ClFN5O3. The average molecular weight is 526 g/mol. The van der Waals surface area contributed by atoms with Crippen molar-refractivity contribution in [3.05, 3.63) is 87.2 Å². The number of hydrogen-bond acceptors (Lipinski definition) is 6. The minimum Gasteiger partial charge on any atom is -0.384 e. The zero-order valence-corrected chi connectivity index (χ0v) is 21.4. The zero-order valence-electron chi connectivity index (χ0n) is 20.6. The van der Waals surface area contributed by atoms with Gasteiger partial charge in [-0.15, -0.1) is 0 Å². The fourth-order valence-electron chi connectivity index (χ4n) is 5.86. The van der Waals surface area contributed by atoms with E-state index in [0.717, 1.165) is 5.69 Å². The lowest BCUT2D eigenvalue weighted by atomic mass is 9.70. The van der Waals surface area contributed by atoms with E-state index in [1.54, 1.807) is 30.5 Å². The second kappa shape index (κ2) is 9.87. The Labute approximate surface area is 219 Å². The van der Waals surface area contributed by atoms with Gasteiger partial charge in [-0.25, -0.2) is 9.49 Å². The lowest BCUT2D eigenvalue weighted by molar-refractivity contribution is -0.152. The highest BCUT2D eigenvalue weighted by molar-refractivity contribution is 6.30. The molecule has 10 heteroatoms. The van der Waals surface area contributed by atoms with Gasteiger partial charge in [0.05, 0.1) is 16.5 Å². The molecule has 2 aliphatic rings. The molecule has 2 aliphatic heterocycles. The molecule has 2 saturated heterocycles. The van der Waals surface area contributed by atoms with Crippen molar-refractivity contribution in [2.24, 2.45) is 17.8 Å². The number of nitrogens with zero attached hydrogens (tertiary/aromatic N) is 4. The summed E-state index contributed by atoms with van der Waals surface area (Å²) in [6, 6.07) is 12.6. The van der Waals surface area contributed by atoms with Gasteiger partial charge in [-0.05, 0) is 35.9 Å². The number of likely N-dealkylation sites (tertiary alicyclic amines) is 1. The van der Waals surface area contributed by atoms with Crippen molar-refractivity contribution in [2.45, 2.75) is 25.4 Å². The Morgan fingerprint density at radius 3 is 2.35 bits per heavy atom. The number of rotatable bonds is 4. The number of benzene rings is 1. The number of anilines is 1. The van der Waals surface area contributed by atoms with E-state index in [4.69, 9.17) is 11.6 Å². The van der Waals surface area contributed by atoms with Crippen LogP contribution in [0.4, 0.5) is 10.2 Å². The Morgan fingerprint density at radius 2 is 1.76 bits per heavy atom. The highest BCUT2D eigenvalue weighted by atomic mass is 35.5. The lowest BCUT2D eigenvalue weighted by Gasteiger charge is -2.48. The fourth-order valence-corrected chi connectivity index (χ4v) is 5.97. The number of pyridine rings is 1. The number of nitrogens with one attached hydrogen (secondary N) is 1. The maximum atomic E-state index is 14.0. The molecule has 2 aromatic heterocycles. The van der Waals surface area contributed by atoms with Gasteiger partial charge >= 0.3 is 0 Å². The normalized spacial score (nSPS) is 27.9. The minimum absolute atomic E-state index is 0.0199. The van der Waals surface area contributed by atoms with Crippen LogP contribution in [0.2, 0.25) is 5.02 Å². The van der Waals surface area contributed by atoms with Crippen LogP contribution in [0.1, 0.15) is 31.0 Å². The number of carbonyl (C=O) groups excluding carboxylic acids is 1. The molecule has 2 fully saturated rings. The average Bonchev–Trinajstić information content (AvgIpc) is 3.33. The maximum Gasteiger partial charge on any atom is 0.264 e. The topological polar surface area (TPSA) is 102 Å². The molecule has 3 aromatic rings. The van der Waals surface area contributed by atoms with Crippen LogP contribution in [0, 0.1) is 23.6 Å². The lowest BCUT2D eigenvalue weighted by Crippen LogP contribution is -2.57. The van der Waals surface area contributed by atoms with E-state index in [-0.39, 0.29) is 35.0 Å². The van der Waals surface area contributed by atoms with E-state index in [1.807, 2.05) is 29.7 Å². The molecule has 0 radical (unpaired) electrons. The molecule has 0 aliphatic carbocycles. The Kier molecular flexibility index (Phi) is 6.76. The number of halogens is 2. The van der Waals surface area contributed by atoms with Crippen molar-refractivity contribution in [3.8, 4) is 0 Å². The van der Waals surface area contributed by atoms with Crippen molar-refractivity contribution in [2.75, 3.05) is 31.1 Å². The summed E-state index contributed by atoms with van der Waals surface area (Å²) >= 11 is 6.06. The molecular weight excluding hydrogens is 497 g/mol. The number of piperidine rings is 1. The van der Waals surface area contributed by atoms with E-state index < -0.39 is 11.5 Å². The van der Waals surface area contributed by atoms with Crippen molar-refractivity contribution in [3.63, 3.8) is 0 Å². The molecule has 0 spiro atoms. The maximum absolute atomic E-state index is 14.0. The third-order valence-electron chi connectivity index (χ3n) is 7.87. The number of aromatic nitrogens is 3. The molecule has 8 nitrogen and oxygen atoms in total. The number of hydrogen-bond donors (Lipinski definition) is 2. The predicted molar refractivity (Wildman–Crippen MR) is 138 cm³/mol. The van der Waals surface area contributed by atoms with Crippen LogP contribution >= 0.6 is 11.6 Å². The number of carbonyl (C=O) groups is 1. The first-order valence-electron chi connectivity index (χ1n) is 12.4. The van der Waals surface area contributed by atoms with Crippen LogP contribution in [0.25, 0.3) is 0 Å². The van der Waals surface area contributed by atoms with Crippen LogP contribution in [0.5, 0.6) is 0 Å². The molecule has 0 bridgehead atoms.